The molecule has 0 bridgehead atoms. The van der Waals surface area contributed by atoms with Crippen molar-refractivity contribution in [3.63, 3.8) is 0 Å². The Balaban J connectivity index is 1.30. The molecule has 2 aromatic rings. The number of ether oxygens (including phenoxy) is 1. The standard InChI is InChI=1S/C30H39F3O/c1-3-5-21-10-15-25(27(31)18-21)23-13-8-22(9-14-23)19-34-28-17-16-26(29(32)30(28)33)24-11-6-20(4-2)7-12-24/h10,15-18,20,22-24H,3-9,11-14,19H2,1-2H3. The highest BCUT2D eigenvalue weighted by molar-refractivity contribution is 5.33. The minimum Gasteiger partial charge on any atom is -0.490 e. The average Bonchev–Trinajstić information content (AvgIpc) is 2.86. The van der Waals surface area contributed by atoms with Gasteiger partial charge < -0.3 is 4.74 Å². The van der Waals surface area contributed by atoms with Gasteiger partial charge in [0.1, 0.15) is 5.82 Å². The topological polar surface area (TPSA) is 9.23 Å². The summed E-state index contributed by atoms with van der Waals surface area (Å²) in [6.45, 7) is 4.68. The Morgan fingerprint density at radius 2 is 1.35 bits per heavy atom. The highest BCUT2D eigenvalue weighted by Gasteiger charge is 2.28. The van der Waals surface area contributed by atoms with Crippen LogP contribution in [0.4, 0.5) is 13.2 Å². The van der Waals surface area contributed by atoms with Crippen molar-refractivity contribution in [3.05, 3.63) is 64.5 Å². The molecular weight excluding hydrogens is 433 g/mol. The van der Waals surface area contributed by atoms with Crippen LogP contribution in [0.25, 0.3) is 0 Å². The maximum absolute atomic E-state index is 14.9. The van der Waals surface area contributed by atoms with E-state index in [0.717, 1.165) is 81.3 Å². The van der Waals surface area contributed by atoms with Gasteiger partial charge in [0.25, 0.3) is 0 Å². The van der Waals surface area contributed by atoms with E-state index in [0.29, 0.717) is 12.2 Å². The zero-order chi connectivity index (χ0) is 24.1. The molecule has 0 N–H and O–H groups in total. The van der Waals surface area contributed by atoms with Gasteiger partial charge in [0.05, 0.1) is 6.61 Å². The molecule has 2 fully saturated rings. The number of hydrogen-bond acceptors (Lipinski definition) is 1. The first kappa shape index (κ1) is 25.1. The van der Waals surface area contributed by atoms with Crippen molar-refractivity contribution in [1.82, 2.24) is 0 Å². The van der Waals surface area contributed by atoms with Crippen LogP contribution in [0, 0.1) is 29.3 Å². The highest BCUT2D eigenvalue weighted by Crippen LogP contribution is 2.40. The Bertz CT molecular complexity index is 940. The van der Waals surface area contributed by atoms with Crippen LogP contribution in [0.5, 0.6) is 5.75 Å². The van der Waals surface area contributed by atoms with E-state index in [-0.39, 0.29) is 29.3 Å². The molecule has 186 valence electrons. The third kappa shape index (κ3) is 5.80. The van der Waals surface area contributed by atoms with E-state index >= 15 is 0 Å². The second kappa shape index (κ2) is 11.6. The first-order chi connectivity index (χ1) is 16.5. The Hall–Kier alpha value is -1.97. The first-order valence-electron chi connectivity index (χ1n) is 13.4. The zero-order valence-corrected chi connectivity index (χ0v) is 20.7. The molecule has 2 aromatic carbocycles. The second-order valence-corrected chi connectivity index (χ2v) is 10.5. The summed E-state index contributed by atoms with van der Waals surface area (Å²) in [6.07, 6.45) is 10.7. The fourth-order valence-electron chi connectivity index (χ4n) is 6.05. The van der Waals surface area contributed by atoms with E-state index in [1.807, 2.05) is 12.1 Å². The smallest absolute Gasteiger partial charge is 0.200 e. The van der Waals surface area contributed by atoms with Crippen molar-refractivity contribution >= 4 is 0 Å². The normalized spacial score (nSPS) is 25.3. The van der Waals surface area contributed by atoms with Crippen LogP contribution in [0.3, 0.4) is 0 Å². The Morgan fingerprint density at radius 3 is 1.97 bits per heavy atom. The van der Waals surface area contributed by atoms with E-state index in [4.69, 9.17) is 4.74 Å². The van der Waals surface area contributed by atoms with Gasteiger partial charge in [-0.1, -0.05) is 44.9 Å². The van der Waals surface area contributed by atoms with E-state index < -0.39 is 11.6 Å². The lowest BCUT2D eigenvalue weighted by Gasteiger charge is -2.29. The van der Waals surface area contributed by atoms with E-state index in [1.165, 1.54) is 6.42 Å². The Kier molecular flexibility index (Phi) is 8.60. The number of hydrogen-bond donors (Lipinski definition) is 0. The van der Waals surface area contributed by atoms with Crippen molar-refractivity contribution in [2.24, 2.45) is 11.8 Å². The molecule has 4 heteroatoms. The largest absolute Gasteiger partial charge is 0.490 e. The van der Waals surface area contributed by atoms with Crippen LogP contribution in [0.15, 0.2) is 30.3 Å². The third-order valence-electron chi connectivity index (χ3n) is 8.31. The van der Waals surface area contributed by atoms with Crippen LogP contribution in [-0.2, 0) is 6.42 Å². The molecule has 2 aliphatic carbocycles. The van der Waals surface area contributed by atoms with Gasteiger partial charge in [-0.3, -0.25) is 0 Å². The van der Waals surface area contributed by atoms with Crippen LogP contribution >= 0.6 is 0 Å². The lowest BCUT2D eigenvalue weighted by Crippen LogP contribution is -2.20. The van der Waals surface area contributed by atoms with Crippen molar-refractivity contribution in [2.75, 3.05) is 6.61 Å². The molecule has 0 heterocycles. The van der Waals surface area contributed by atoms with Crippen LogP contribution in [-0.4, -0.2) is 6.61 Å². The summed E-state index contributed by atoms with van der Waals surface area (Å²) >= 11 is 0. The van der Waals surface area contributed by atoms with Crippen molar-refractivity contribution in [3.8, 4) is 5.75 Å². The lowest BCUT2D eigenvalue weighted by atomic mass is 9.77. The van der Waals surface area contributed by atoms with Crippen molar-refractivity contribution in [2.45, 2.75) is 96.3 Å². The molecule has 0 aliphatic heterocycles. The molecule has 2 aliphatic rings. The molecule has 1 nitrogen and oxygen atoms in total. The fourth-order valence-corrected chi connectivity index (χ4v) is 6.05. The van der Waals surface area contributed by atoms with Gasteiger partial charge in [0.15, 0.2) is 11.6 Å². The summed E-state index contributed by atoms with van der Waals surface area (Å²) in [5, 5.41) is 0. The van der Waals surface area contributed by atoms with Gasteiger partial charge in [0, 0.05) is 0 Å². The summed E-state index contributed by atoms with van der Waals surface area (Å²) in [4.78, 5) is 0. The predicted molar refractivity (Wildman–Crippen MR) is 132 cm³/mol. The van der Waals surface area contributed by atoms with Gasteiger partial charge in [-0.15, -0.1) is 0 Å². The van der Waals surface area contributed by atoms with Crippen molar-refractivity contribution in [1.29, 1.82) is 0 Å². The highest BCUT2D eigenvalue weighted by atomic mass is 19.2. The Labute approximate surface area is 203 Å². The van der Waals surface area contributed by atoms with Gasteiger partial charge in [-0.2, -0.15) is 4.39 Å². The molecule has 0 radical (unpaired) electrons. The van der Waals surface area contributed by atoms with Gasteiger partial charge in [-0.25, -0.2) is 8.78 Å². The average molecular weight is 473 g/mol. The van der Waals surface area contributed by atoms with Crippen LogP contribution < -0.4 is 4.74 Å². The SMILES string of the molecule is CCCc1ccc(C2CCC(COc3ccc(C4CCC(CC)CC4)c(F)c3F)CC2)c(F)c1. The first-order valence-corrected chi connectivity index (χ1v) is 13.4. The summed E-state index contributed by atoms with van der Waals surface area (Å²) in [5.74, 6) is -0.319. The summed E-state index contributed by atoms with van der Waals surface area (Å²) in [5.41, 5.74) is 2.38. The van der Waals surface area contributed by atoms with Crippen LogP contribution in [0.2, 0.25) is 0 Å². The van der Waals surface area contributed by atoms with Crippen molar-refractivity contribution < 1.29 is 17.9 Å². The quantitative estimate of drug-likeness (QED) is 0.372. The minimum atomic E-state index is -0.849. The fraction of sp³-hybridized carbons (Fsp3) is 0.600. The Morgan fingerprint density at radius 1 is 0.735 bits per heavy atom. The molecule has 0 atom stereocenters. The summed E-state index contributed by atoms with van der Waals surface area (Å²) < 4.78 is 50.0. The van der Waals surface area contributed by atoms with E-state index in [2.05, 4.69) is 13.8 Å². The van der Waals surface area contributed by atoms with E-state index in [1.54, 1.807) is 18.2 Å². The number of aryl methyl sites for hydroxylation is 1. The third-order valence-corrected chi connectivity index (χ3v) is 8.31. The summed E-state index contributed by atoms with van der Waals surface area (Å²) in [7, 11) is 0. The zero-order valence-electron chi connectivity index (χ0n) is 20.7. The summed E-state index contributed by atoms with van der Waals surface area (Å²) in [6, 6.07) is 9.03. The predicted octanol–water partition coefficient (Wildman–Crippen LogP) is 9.09. The maximum atomic E-state index is 14.9. The molecule has 2 saturated carbocycles. The molecule has 0 aromatic heterocycles. The minimum absolute atomic E-state index is 0.0168. The molecule has 4 rings (SSSR count). The lowest BCUT2D eigenvalue weighted by molar-refractivity contribution is 0.191. The van der Waals surface area contributed by atoms with Gasteiger partial charge in [-0.05, 0) is 110 Å². The molecular formula is C30H39F3O. The molecule has 0 spiro atoms. The molecule has 0 unspecified atom stereocenters. The van der Waals surface area contributed by atoms with Crippen LogP contribution in [0.1, 0.15) is 107 Å². The second-order valence-electron chi connectivity index (χ2n) is 10.5. The van der Waals surface area contributed by atoms with E-state index in [9.17, 15) is 13.2 Å². The van der Waals surface area contributed by atoms with Gasteiger partial charge in [0.2, 0.25) is 5.82 Å². The molecule has 0 amide bonds. The molecule has 34 heavy (non-hydrogen) atoms. The monoisotopic (exact) mass is 472 g/mol. The number of rotatable bonds is 8. The maximum Gasteiger partial charge on any atom is 0.200 e. The molecule has 0 saturated heterocycles. The van der Waals surface area contributed by atoms with Gasteiger partial charge >= 0.3 is 0 Å². The number of benzene rings is 2. The number of halogens is 3.